The van der Waals surface area contributed by atoms with Crippen LogP contribution in [-0.4, -0.2) is 30.2 Å². The van der Waals surface area contributed by atoms with Crippen LogP contribution in [0.15, 0.2) is 42.6 Å². The molecule has 0 radical (unpaired) electrons. The SMILES string of the molecule is Cc1cnsc1-c1c(CC2CNCCO2)cccc1-c1ccc(C#N)c(F)c1. The molecule has 4 nitrogen and oxygen atoms in total. The van der Waals surface area contributed by atoms with Gasteiger partial charge in [0.25, 0.3) is 0 Å². The quantitative estimate of drug-likeness (QED) is 0.717. The minimum absolute atomic E-state index is 0.0529. The van der Waals surface area contributed by atoms with Crippen molar-refractivity contribution < 1.29 is 9.13 Å². The summed E-state index contributed by atoms with van der Waals surface area (Å²) in [5.74, 6) is -0.503. The fraction of sp³-hybridized carbons (Fsp3) is 0.273. The molecule has 0 aliphatic carbocycles. The molecule has 3 aromatic rings. The third-order valence-electron chi connectivity index (χ3n) is 4.98. The molecule has 0 amide bonds. The van der Waals surface area contributed by atoms with Gasteiger partial charge < -0.3 is 10.1 Å². The molecular formula is C22H20FN3OS. The molecule has 4 rings (SSSR count). The molecular weight excluding hydrogens is 373 g/mol. The maximum Gasteiger partial charge on any atom is 0.141 e. The average Bonchev–Trinajstić information content (AvgIpc) is 3.14. The first-order valence-corrected chi connectivity index (χ1v) is 10.0. The molecule has 1 fully saturated rings. The van der Waals surface area contributed by atoms with Crippen LogP contribution < -0.4 is 5.32 Å². The van der Waals surface area contributed by atoms with Gasteiger partial charge in [0.05, 0.1) is 23.2 Å². The number of hydrogen-bond donors (Lipinski definition) is 1. The van der Waals surface area contributed by atoms with Crippen LogP contribution in [0.4, 0.5) is 4.39 Å². The lowest BCUT2D eigenvalue weighted by Crippen LogP contribution is -2.39. The van der Waals surface area contributed by atoms with E-state index in [1.165, 1.54) is 23.7 Å². The van der Waals surface area contributed by atoms with Crippen LogP contribution in [0.2, 0.25) is 0 Å². The topological polar surface area (TPSA) is 57.9 Å². The number of aryl methyl sites for hydroxylation is 1. The molecule has 0 spiro atoms. The van der Waals surface area contributed by atoms with Crippen LogP contribution in [-0.2, 0) is 11.2 Å². The third kappa shape index (κ3) is 3.69. The molecule has 1 aliphatic heterocycles. The van der Waals surface area contributed by atoms with E-state index < -0.39 is 5.82 Å². The largest absolute Gasteiger partial charge is 0.375 e. The Morgan fingerprint density at radius 2 is 2.25 bits per heavy atom. The zero-order valence-electron chi connectivity index (χ0n) is 15.5. The van der Waals surface area contributed by atoms with Crippen molar-refractivity contribution in [1.82, 2.24) is 9.69 Å². The number of rotatable bonds is 4. The number of aromatic nitrogens is 1. The van der Waals surface area contributed by atoms with Crippen LogP contribution in [0.5, 0.6) is 0 Å². The van der Waals surface area contributed by atoms with E-state index in [4.69, 9.17) is 10.00 Å². The van der Waals surface area contributed by atoms with Gasteiger partial charge in [0, 0.05) is 31.3 Å². The van der Waals surface area contributed by atoms with Crippen molar-refractivity contribution in [3.8, 4) is 27.6 Å². The van der Waals surface area contributed by atoms with Gasteiger partial charge in [-0.05, 0) is 52.8 Å². The second-order valence-electron chi connectivity index (χ2n) is 6.89. The van der Waals surface area contributed by atoms with Crippen molar-refractivity contribution in [2.45, 2.75) is 19.4 Å². The number of halogens is 1. The Labute approximate surface area is 167 Å². The molecule has 142 valence electrons. The fourth-order valence-electron chi connectivity index (χ4n) is 3.58. The molecule has 0 bridgehead atoms. The van der Waals surface area contributed by atoms with E-state index in [1.54, 1.807) is 6.07 Å². The summed E-state index contributed by atoms with van der Waals surface area (Å²) in [6, 6.07) is 12.8. The molecule has 28 heavy (non-hydrogen) atoms. The summed E-state index contributed by atoms with van der Waals surface area (Å²) in [4.78, 5) is 1.08. The van der Waals surface area contributed by atoms with Gasteiger partial charge in [-0.25, -0.2) is 8.76 Å². The molecule has 0 saturated carbocycles. The van der Waals surface area contributed by atoms with E-state index in [-0.39, 0.29) is 11.7 Å². The summed E-state index contributed by atoms with van der Waals surface area (Å²) in [6.07, 6.45) is 2.74. The summed E-state index contributed by atoms with van der Waals surface area (Å²) >= 11 is 1.45. The van der Waals surface area contributed by atoms with Crippen LogP contribution in [0.3, 0.4) is 0 Å². The Bertz CT molecular complexity index is 1030. The minimum atomic E-state index is -0.503. The zero-order valence-corrected chi connectivity index (χ0v) is 16.4. The lowest BCUT2D eigenvalue weighted by molar-refractivity contribution is 0.0293. The van der Waals surface area contributed by atoms with Gasteiger partial charge in [0.1, 0.15) is 11.9 Å². The first kappa shape index (κ1) is 18.8. The number of ether oxygens (including phenoxy) is 1. The third-order valence-corrected chi connectivity index (χ3v) is 5.90. The van der Waals surface area contributed by atoms with Gasteiger partial charge in [-0.15, -0.1) is 0 Å². The first-order chi connectivity index (χ1) is 13.7. The fourth-order valence-corrected chi connectivity index (χ4v) is 4.43. The molecule has 1 unspecified atom stereocenters. The maximum absolute atomic E-state index is 14.3. The number of nitrogens with zero attached hydrogens (tertiary/aromatic N) is 2. The number of nitrogens with one attached hydrogen (secondary N) is 1. The second kappa shape index (κ2) is 8.19. The second-order valence-corrected chi connectivity index (χ2v) is 7.69. The summed E-state index contributed by atoms with van der Waals surface area (Å²) in [7, 11) is 0. The number of morpholine rings is 1. The number of nitriles is 1. The van der Waals surface area contributed by atoms with Gasteiger partial charge in [-0.2, -0.15) is 5.26 Å². The van der Waals surface area contributed by atoms with Crippen LogP contribution >= 0.6 is 11.5 Å². The van der Waals surface area contributed by atoms with Gasteiger partial charge in [-0.3, -0.25) is 0 Å². The van der Waals surface area contributed by atoms with Crippen molar-refractivity contribution in [3.63, 3.8) is 0 Å². The van der Waals surface area contributed by atoms with E-state index >= 15 is 0 Å². The van der Waals surface area contributed by atoms with E-state index in [2.05, 4.69) is 15.8 Å². The minimum Gasteiger partial charge on any atom is -0.375 e. The number of hydrogen-bond acceptors (Lipinski definition) is 5. The predicted octanol–water partition coefficient (Wildman–Crippen LogP) is 4.33. The molecule has 1 saturated heterocycles. The molecule has 1 atom stereocenters. The normalized spacial score (nSPS) is 16.7. The average molecular weight is 393 g/mol. The highest BCUT2D eigenvalue weighted by molar-refractivity contribution is 7.09. The highest BCUT2D eigenvalue weighted by Gasteiger charge is 2.21. The Kier molecular flexibility index (Phi) is 5.49. The molecule has 6 heteroatoms. The molecule has 1 N–H and O–H groups in total. The van der Waals surface area contributed by atoms with Gasteiger partial charge >= 0.3 is 0 Å². The highest BCUT2D eigenvalue weighted by atomic mass is 32.1. The molecule has 1 aliphatic rings. The Hall–Kier alpha value is -2.59. The van der Waals surface area contributed by atoms with Gasteiger partial charge in [0.2, 0.25) is 0 Å². The number of benzene rings is 2. The van der Waals surface area contributed by atoms with E-state index in [0.29, 0.717) is 6.61 Å². The molecule has 1 aromatic heterocycles. The molecule has 2 heterocycles. The zero-order chi connectivity index (χ0) is 19.5. The van der Waals surface area contributed by atoms with Crippen molar-refractivity contribution in [1.29, 1.82) is 5.26 Å². The first-order valence-electron chi connectivity index (χ1n) is 9.23. The molecule has 2 aromatic carbocycles. The standard InChI is InChI=1S/C22H20FN3OS/c1-14-12-26-28-22(14)21-16(9-18-13-25-7-8-27-18)3-2-4-19(21)15-5-6-17(11-24)20(23)10-15/h2-6,10,12,18,25H,7-9,13H2,1H3. The Morgan fingerprint density at radius 3 is 2.93 bits per heavy atom. The van der Waals surface area contributed by atoms with E-state index in [9.17, 15) is 4.39 Å². The Morgan fingerprint density at radius 1 is 1.36 bits per heavy atom. The maximum atomic E-state index is 14.3. The Balaban J connectivity index is 1.84. The predicted molar refractivity (Wildman–Crippen MR) is 109 cm³/mol. The van der Waals surface area contributed by atoms with E-state index in [0.717, 1.165) is 52.2 Å². The van der Waals surface area contributed by atoms with Crippen molar-refractivity contribution >= 4 is 11.5 Å². The lowest BCUT2D eigenvalue weighted by atomic mass is 9.90. The van der Waals surface area contributed by atoms with Crippen molar-refractivity contribution in [2.75, 3.05) is 19.7 Å². The smallest absolute Gasteiger partial charge is 0.141 e. The van der Waals surface area contributed by atoms with Crippen molar-refractivity contribution in [3.05, 3.63) is 65.1 Å². The van der Waals surface area contributed by atoms with Crippen molar-refractivity contribution in [2.24, 2.45) is 0 Å². The summed E-state index contributed by atoms with van der Waals surface area (Å²) in [5.41, 5.74) is 5.07. The lowest BCUT2D eigenvalue weighted by Gasteiger charge is -2.25. The van der Waals surface area contributed by atoms with Gasteiger partial charge in [-0.1, -0.05) is 24.3 Å². The van der Waals surface area contributed by atoms with Crippen LogP contribution in [0.1, 0.15) is 16.7 Å². The van der Waals surface area contributed by atoms with Crippen LogP contribution in [0.25, 0.3) is 21.6 Å². The summed E-state index contributed by atoms with van der Waals surface area (Å²) < 4.78 is 24.6. The van der Waals surface area contributed by atoms with E-state index in [1.807, 2.05) is 31.3 Å². The summed E-state index contributed by atoms with van der Waals surface area (Å²) in [5, 5.41) is 12.4. The summed E-state index contributed by atoms with van der Waals surface area (Å²) in [6.45, 7) is 4.44. The van der Waals surface area contributed by atoms with Gasteiger partial charge in [0.15, 0.2) is 0 Å². The highest BCUT2D eigenvalue weighted by Crippen LogP contribution is 2.39. The van der Waals surface area contributed by atoms with Crippen LogP contribution in [0, 0.1) is 24.1 Å². The monoisotopic (exact) mass is 393 g/mol.